The quantitative estimate of drug-likeness (QED) is 0.576. The van der Waals surface area contributed by atoms with Gasteiger partial charge in [0.25, 0.3) is 5.91 Å². The van der Waals surface area contributed by atoms with Crippen LogP contribution in [0.15, 0.2) is 24.4 Å². The van der Waals surface area contributed by atoms with Crippen molar-refractivity contribution in [2.45, 2.75) is 57.0 Å². The van der Waals surface area contributed by atoms with Gasteiger partial charge in [0.05, 0.1) is 17.6 Å². The number of rotatable bonds is 5. The van der Waals surface area contributed by atoms with E-state index in [2.05, 4.69) is 27.6 Å². The van der Waals surface area contributed by atoms with Crippen LogP contribution in [0, 0.1) is 0 Å². The van der Waals surface area contributed by atoms with E-state index in [4.69, 9.17) is 9.90 Å². The van der Waals surface area contributed by atoms with Gasteiger partial charge in [0, 0.05) is 31.1 Å². The first-order valence-electron chi connectivity index (χ1n) is 11.1. The fraction of sp³-hybridized carbons (Fsp3) is 0.455. The molecule has 0 bridgehead atoms. The SMILES string of the molecule is CN(Cc1cn(-c2ccc3c(c2)CN(C2CCC(=O)NC2=O)C3=O)nn1)C1CC1.O=C(O)C(F)(F)F. The topological polar surface area (TPSA) is 138 Å². The van der Waals surface area contributed by atoms with Gasteiger partial charge in [-0.15, -0.1) is 5.10 Å². The lowest BCUT2D eigenvalue weighted by Crippen LogP contribution is -2.52. The molecular formula is C22H23F3N6O5. The van der Waals surface area contributed by atoms with E-state index in [-0.39, 0.29) is 18.2 Å². The summed E-state index contributed by atoms with van der Waals surface area (Å²) in [6.45, 7) is 1.11. The number of carbonyl (C=O) groups is 4. The Labute approximate surface area is 202 Å². The maximum Gasteiger partial charge on any atom is 0.490 e. The fourth-order valence-electron chi connectivity index (χ4n) is 4.10. The predicted octanol–water partition coefficient (Wildman–Crippen LogP) is 1.26. The highest BCUT2D eigenvalue weighted by Crippen LogP contribution is 2.29. The maximum absolute atomic E-state index is 12.8. The van der Waals surface area contributed by atoms with Crippen molar-refractivity contribution >= 4 is 23.7 Å². The molecule has 0 radical (unpaired) electrons. The van der Waals surface area contributed by atoms with Gasteiger partial charge in [-0.1, -0.05) is 5.21 Å². The van der Waals surface area contributed by atoms with E-state index in [1.807, 2.05) is 18.3 Å². The van der Waals surface area contributed by atoms with Crippen molar-refractivity contribution in [1.82, 2.24) is 30.1 Å². The van der Waals surface area contributed by atoms with Crippen molar-refractivity contribution < 1.29 is 37.5 Å². The molecule has 1 saturated heterocycles. The molecule has 3 aliphatic rings. The van der Waals surface area contributed by atoms with Crippen LogP contribution in [-0.4, -0.2) is 78.9 Å². The smallest absolute Gasteiger partial charge is 0.475 e. The number of nitrogens with zero attached hydrogens (tertiary/aromatic N) is 5. The molecule has 1 aromatic carbocycles. The third kappa shape index (κ3) is 5.53. The van der Waals surface area contributed by atoms with E-state index >= 15 is 0 Å². The standard InChI is InChI=1S/C20H22N6O3.C2HF3O2/c1-24(14-2-3-14)10-13-11-26(23-22-13)15-4-5-16-12(8-15)9-25(20(16)29)17-6-7-18(27)21-19(17)28;3-2(4,5)1(6)7/h4-5,8,11,14,17H,2-3,6-7,9-10H2,1H3,(H,21,27,28);(H,6,7). The Bertz CT molecular complexity index is 1210. The second-order valence-corrected chi connectivity index (χ2v) is 8.85. The molecule has 2 aliphatic heterocycles. The number of hydrogen-bond donors (Lipinski definition) is 2. The number of hydrogen-bond acceptors (Lipinski definition) is 7. The number of fused-ring (bicyclic) bond motifs is 1. The molecule has 2 N–H and O–H groups in total. The Morgan fingerprint density at radius 3 is 2.53 bits per heavy atom. The number of carboxylic acids is 1. The summed E-state index contributed by atoms with van der Waals surface area (Å²) in [5.41, 5.74) is 3.17. The van der Waals surface area contributed by atoms with E-state index in [9.17, 15) is 27.6 Å². The zero-order chi connectivity index (χ0) is 26.2. The molecule has 3 amide bonds. The Hall–Kier alpha value is -3.81. The largest absolute Gasteiger partial charge is 0.490 e. The summed E-state index contributed by atoms with van der Waals surface area (Å²) < 4.78 is 33.5. The van der Waals surface area contributed by atoms with E-state index in [1.54, 1.807) is 15.6 Å². The zero-order valence-electron chi connectivity index (χ0n) is 19.2. The molecule has 1 atom stereocenters. The Balaban J connectivity index is 0.000000384. The van der Waals surface area contributed by atoms with Crippen molar-refractivity contribution in [1.29, 1.82) is 0 Å². The number of alkyl halides is 3. The van der Waals surface area contributed by atoms with Crippen LogP contribution in [0.5, 0.6) is 0 Å². The molecule has 11 nitrogen and oxygen atoms in total. The first-order valence-corrected chi connectivity index (χ1v) is 11.1. The summed E-state index contributed by atoms with van der Waals surface area (Å²) in [5.74, 6) is -3.62. The van der Waals surface area contributed by atoms with Crippen LogP contribution in [0.2, 0.25) is 0 Å². The van der Waals surface area contributed by atoms with Crippen LogP contribution in [0.1, 0.15) is 47.3 Å². The van der Waals surface area contributed by atoms with Crippen molar-refractivity contribution in [3.63, 3.8) is 0 Å². The molecular weight excluding hydrogens is 485 g/mol. The number of imide groups is 1. The van der Waals surface area contributed by atoms with Gasteiger partial charge in [0.15, 0.2) is 0 Å². The number of halogens is 3. The lowest BCUT2D eigenvalue weighted by molar-refractivity contribution is -0.192. The summed E-state index contributed by atoms with van der Waals surface area (Å²) in [4.78, 5) is 49.1. The minimum Gasteiger partial charge on any atom is -0.475 e. The lowest BCUT2D eigenvalue weighted by atomic mass is 10.0. The lowest BCUT2D eigenvalue weighted by Gasteiger charge is -2.29. The van der Waals surface area contributed by atoms with Gasteiger partial charge in [-0.25, -0.2) is 9.48 Å². The summed E-state index contributed by atoms with van der Waals surface area (Å²) in [6, 6.07) is 5.59. The second-order valence-electron chi connectivity index (χ2n) is 8.85. The third-order valence-electron chi connectivity index (χ3n) is 6.14. The number of carboxylic acid groups (broad SMARTS) is 1. The van der Waals surface area contributed by atoms with Crippen molar-refractivity contribution in [2.75, 3.05) is 7.05 Å². The molecule has 1 aliphatic carbocycles. The van der Waals surface area contributed by atoms with Gasteiger partial charge in [-0.05, 0) is 50.1 Å². The third-order valence-corrected chi connectivity index (χ3v) is 6.14. The molecule has 1 saturated carbocycles. The average molecular weight is 508 g/mol. The van der Waals surface area contributed by atoms with Gasteiger partial charge in [0.2, 0.25) is 11.8 Å². The molecule has 5 rings (SSSR count). The number of piperidine rings is 1. The van der Waals surface area contributed by atoms with E-state index in [1.165, 1.54) is 12.8 Å². The summed E-state index contributed by atoms with van der Waals surface area (Å²) in [5, 5.41) is 17.9. The number of amides is 3. The van der Waals surface area contributed by atoms with Gasteiger partial charge in [-0.3, -0.25) is 24.6 Å². The highest BCUT2D eigenvalue weighted by Gasteiger charge is 2.39. The first kappa shape index (κ1) is 25.3. The van der Waals surface area contributed by atoms with Gasteiger partial charge in [-0.2, -0.15) is 13.2 Å². The molecule has 2 aromatic rings. The highest BCUT2D eigenvalue weighted by molar-refractivity contribution is 6.05. The highest BCUT2D eigenvalue weighted by atomic mass is 19.4. The Morgan fingerprint density at radius 2 is 1.92 bits per heavy atom. The molecule has 3 heterocycles. The van der Waals surface area contributed by atoms with E-state index < -0.39 is 24.1 Å². The fourth-order valence-corrected chi connectivity index (χ4v) is 4.10. The molecule has 2 fully saturated rings. The van der Waals surface area contributed by atoms with Gasteiger partial charge in [0.1, 0.15) is 6.04 Å². The number of nitrogens with one attached hydrogen (secondary N) is 1. The zero-order valence-corrected chi connectivity index (χ0v) is 19.2. The second kappa shape index (κ2) is 9.68. The predicted molar refractivity (Wildman–Crippen MR) is 116 cm³/mol. The molecule has 192 valence electrons. The number of carbonyl (C=O) groups excluding carboxylic acids is 3. The van der Waals surface area contributed by atoms with Crippen LogP contribution in [0.25, 0.3) is 5.69 Å². The average Bonchev–Trinajstić information content (AvgIpc) is 3.48. The minimum atomic E-state index is -5.08. The summed E-state index contributed by atoms with van der Waals surface area (Å²) in [6.07, 6.45) is -0.0767. The van der Waals surface area contributed by atoms with Crippen LogP contribution in [0.3, 0.4) is 0 Å². The van der Waals surface area contributed by atoms with Crippen LogP contribution < -0.4 is 5.32 Å². The summed E-state index contributed by atoms with van der Waals surface area (Å²) >= 11 is 0. The molecule has 36 heavy (non-hydrogen) atoms. The van der Waals surface area contributed by atoms with Gasteiger partial charge < -0.3 is 10.0 Å². The first-order chi connectivity index (χ1) is 16.9. The molecule has 0 spiro atoms. The van der Waals surface area contributed by atoms with Crippen LogP contribution >= 0.6 is 0 Å². The van der Waals surface area contributed by atoms with E-state index in [0.717, 1.165) is 23.5 Å². The Kier molecular flexibility index (Phi) is 6.80. The normalized spacial score (nSPS) is 19.6. The van der Waals surface area contributed by atoms with Crippen molar-refractivity contribution in [3.8, 4) is 5.69 Å². The molecule has 1 aromatic heterocycles. The van der Waals surface area contributed by atoms with Crippen LogP contribution in [0.4, 0.5) is 13.2 Å². The van der Waals surface area contributed by atoms with Crippen molar-refractivity contribution in [3.05, 3.63) is 41.2 Å². The van der Waals surface area contributed by atoms with Crippen molar-refractivity contribution in [2.24, 2.45) is 0 Å². The Morgan fingerprint density at radius 1 is 1.22 bits per heavy atom. The number of aromatic nitrogens is 3. The van der Waals surface area contributed by atoms with E-state index in [0.29, 0.717) is 24.6 Å². The molecule has 1 unspecified atom stereocenters. The maximum atomic E-state index is 12.8. The molecule has 14 heteroatoms. The minimum absolute atomic E-state index is 0.175. The monoisotopic (exact) mass is 508 g/mol. The van der Waals surface area contributed by atoms with Gasteiger partial charge >= 0.3 is 12.1 Å². The number of aliphatic carboxylic acids is 1. The number of benzene rings is 1. The summed E-state index contributed by atoms with van der Waals surface area (Å²) in [7, 11) is 2.10. The van der Waals surface area contributed by atoms with Crippen LogP contribution in [-0.2, 0) is 27.5 Å².